The third-order valence-corrected chi connectivity index (χ3v) is 3.21. The first-order valence-electron chi connectivity index (χ1n) is 8.12. The fourth-order valence-electron chi connectivity index (χ4n) is 2.36. The first kappa shape index (κ1) is 18.0. The van der Waals surface area contributed by atoms with Gasteiger partial charge in [-0.3, -0.25) is 4.98 Å². The van der Waals surface area contributed by atoms with E-state index in [1.54, 1.807) is 0 Å². The third-order valence-electron chi connectivity index (χ3n) is 3.21. The van der Waals surface area contributed by atoms with Gasteiger partial charge < -0.3 is 10.2 Å². The minimum absolute atomic E-state index is 0.126. The lowest BCUT2D eigenvalue weighted by Crippen LogP contribution is -2.37. The van der Waals surface area contributed by atoms with Crippen LogP contribution in [0.25, 0.3) is 0 Å². The van der Waals surface area contributed by atoms with Crippen LogP contribution in [0.5, 0.6) is 0 Å². The molecule has 0 spiro atoms. The predicted molar refractivity (Wildman–Crippen MR) is 92.7 cm³/mol. The molecule has 0 fully saturated rings. The van der Waals surface area contributed by atoms with Gasteiger partial charge in [0.2, 0.25) is 0 Å². The van der Waals surface area contributed by atoms with Gasteiger partial charge in [0, 0.05) is 31.4 Å². The van der Waals surface area contributed by atoms with E-state index in [1.165, 1.54) is 11.3 Å². The molecule has 0 aliphatic carbocycles. The summed E-state index contributed by atoms with van der Waals surface area (Å²) in [7, 11) is 0. The van der Waals surface area contributed by atoms with Crippen molar-refractivity contribution in [3.05, 3.63) is 24.0 Å². The molecule has 1 rings (SSSR count). The van der Waals surface area contributed by atoms with Crippen LogP contribution in [0.4, 0.5) is 5.69 Å². The summed E-state index contributed by atoms with van der Waals surface area (Å²) < 4.78 is 0. The van der Waals surface area contributed by atoms with Gasteiger partial charge in [0.1, 0.15) is 0 Å². The Kier molecular flexibility index (Phi) is 6.66. The molecule has 0 aliphatic heterocycles. The minimum Gasteiger partial charge on any atom is -0.370 e. The van der Waals surface area contributed by atoms with Crippen LogP contribution in [-0.4, -0.2) is 23.6 Å². The fourth-order valence-corrected chi connectivity index (χ4v) is 2.36. The maximum atomic E-state index is 4.36. The molecular formula is C18H33N3. The van der Waals surface area contributed by atoms with Gasteiger partial charge in [-0.25, -0.2) is 0 Å². The van der Waals surface area contributed by atoms with E-state index >= 15 is 0 Å². The molecule has 1 aromatic rings. The van der Waals surface area contributed by atoms with Gasteiger partial charge in [-0.2, -0.15) is 0 Å². The molecule has 3 nitrogen and oxygen atoms in total. The summed E-state index contributed by atoms with van der Waals surface area (Å²) in [6, 6.07) is 2.14. The van der Waals surface area contributed by atoms with Crippen LogP contribution >= 0.6 is 0 Å². The Hall–Kier alpha value is -1.09. The topological polar surface area (TPSA) is 28.2 Å². The molecule has 21 heavy (non-hydrogen) atoms. The molecule has 0 amide bonds. The number of nitrogens with zero attached hydrogens (tertiary/aromatic N) is 2. The number of hydrogen-bond acceptors (Lipinski definition) is 3. The highest BCUT2D eigenvalue weighted by Gasteiger charge is 2.16. The molecule has 0 bridgehead atoms. The number of pyridine rings is 1. The molecule has 0 saturated carbocycles. The molecule has 0 atom stereocenters. The van der Waals surface area contributed by atoms with E-state index in [9.17, 15) is 0 Å². The number of hydrogen-bond donors (Lipinski definition) is 1. The molecular weight excluding hydrogens is 258 g/mol. The third kappa shape index (κ3) is 6.94. The lowest BCUT2D eigenvalue weighted by atomic mass is 10.1. The van der Waals surface area contributed by atoms with Crippen LogP contribution in [0.15, 0.2) is 18.5 Å². The van der Waals surface area contributed by atoms with E-state index in [-0.39, 0.29) is 5.54 Å². The van der Waals surface area contributed by atoms with E-state index < -0.39 is 0 Å². The first-order valence-corrected chi connectivity index (χ1v) is 8.12. The molecule has 1 N–H and O–H groups in total. The van der Waals surface area contributed by atoms with Gasteiger partial charge in [-0.1, -0.05) is 27.7 Å². The van der Waals surface area contributed by atoms with Crippen molar-refractivity contribution < 1.29 is 0 Å². The fraction of sp³-hybridized carbons (Fsp3) is 0.722. The monoisotopic (exact) mass is 291 g/mol. The van der Waals surface area contributed by atoms with Crippen LogP contribution in [0.2, 0.25) is 0 Å². The van der Waals surface area contributed by atoms with E-state index in [2.05, 4.69) is 69.7 Å². The number of nitrogens with one attached hydrogen (secondary N) is 1. The summed E-state index contributed by atoms with van der Waals surface area (Å²) >= 11 is 0. The summed E-state index contributed by atoms with van der Waals surface area (Å²) in [6.45, 7) is 18.7. The molecule has 0 saturated heterocycles. The van der Waals surface area contributed by atoms with Crippen LogP contribution in [-0.2, 0) is 6.54 Å². The van der Waals surface area contributed by atoms with Gasteiger partial charge in [0.25, 0.3) is 0 Å². The van der Waals surface area contributed by atoms with Crippen molar-refractivity contribution in [1.82, 2.24) is 10.3 Å². The number of aromatic nitrogens is 1. The van der Waals surface area contributed by atoms with Crippen molar-refractivity contribution >= 4 is 5.69 Å². The average Bonchev–Trinajstić information content (AvgIpc) is 2.34. The molecule has 0 aromatic carbocycles. The van der Waals surface area contributed by atoms with Gasteiger partial charge in [0.15, 0.2) is 0 Å². The maximum Gasteiger partial charge on any atom is 0.0598 e. The van der Waals surface area contributed by atoms with E-state index in [0.29, 0.717) is 11.8 Å². The Bertz CT molecular complexity index is 409. The standard InChI is InChI=1S/C18H33N3/c1-14(2)12-21(13-15(3)4)17-11-19-9-8-16(17)10-20-18(5,6)7/h8-9,11,14-15,20H,10,12-13H2,1-7H3. The highest BCUT2D eigenvalue weighted by molar-refractivity contribution is 5.51. The minimum atomic E-state index is 0.126. The van der Waals surface area contributed by atoms with Crippen molar-refractivity contribution in [2.24, 2.45) is 11.8 Å². The van der Waals surface area contributed by atoms with E-state index in [4.69, 9.17) is 0 Å². The molecule has 0 aliphatic rings. The summed E-state index contributed by atoms with van der Waals surface area (Å²) in [5, 5.41) is 3.59. The Morgan fingerprint density at radius 1 is 1.10 bits per heavy atom. The van der Waals surface area contributed by atoms with Crippen molar-refractivity contribution in [3.63, 3.8) is 0 Å². The van der Waals surface area contributed by atoms with Crippen molar-refractivity contribution in [1.29, 1.82) is 0 Å². The van der Waals surface area contributed by atoms with E-state index in [0.717, 1.165) is 19.6 Å². The molecule has 0 radical (unpaired) electrons. The van der Waals surface area contributed by atoms with Crippen molar-refractivity contribution in [2.45, 2.75) is 60.5 Å². The zero-order valence-electron chi connectivity index (χ0n) is 14.9. The maximum absolute atomic E-state index is 4.36. The largest absolute Gasteiger partial charge is 0.370 e. The zero-order chi connectivity index (χ0) is 16.0. The summed E-state index contributed by atoms with van der Waals surface area (Å²) in [4.78, 5) is 6.84. The Balaban J connectivity index is 2.95. The smallest absolute Gasteiger partial charge is 0.0598 e. The second kappa shape index (κ2) is 7.79. The SMILES string of the molecule is CC(C)CN(CC(C)C)c1cnccc1CNC(C)(C)C. The van der Waals surface area contributed by atoms with Crippen LogP contribution in [0.1, 0.15) is 54.0 Å². The van der Waals surface area contributed by atoms with Crippen LogP contribution in [0, 0.1) is 11.8 Å². The summed E-state index contributed by atoms with van der Waals surface area (Å²) in [6.07, 6.45) is 3.91. The second-order valence-electron chi connectivity index (χ2n) is 7.80. The van der Waals surface area contributed by atoms with Gasteiger partial charge in [-0.15, -0.1) is 0 Å². The summed E-state index contributed by atoms with van der Waals surface area (Å²) in [5.41, 5.74) is 2.74. The first-order chi connectivity index (χ1) is 9.69. The molecule has 0 unspecified atom stereocenters. The number of anilines is 1. The Labute approximate surface area is 131 Å². The quantitative estimate of drug-likeness (QED) is 0.820. The molecule has 1 heterocycles. The Morgan fingerprint density at radius 2 is 1.67 bits per heavy atom. The highest BCUT2D eigenvalue weighted by Crippen LogP contribution is 2.22. The normalized spacial score (nSPS) is 12.2. The van der Waals surface area contributed by atoms with Crippen molar-refractivity contribution in [3.8, 4) is 0 Å². The van der Waals surface area contributed by atoms with Crippen LogP contribution in [0.3, 0.4) is 0 Å². The second-order valence-corrected chi connectivity index (χ2v) is 7.80. The Morgan fingerprint density at radius 3 is 2.14 bits per heavy atom. The summed E-state index contributed by atoms with van der Waals surface area (Å²) in [5.74, 6) is 1.29. The van der Waals surface area contributed by atoms with Gasteiger partial charge >= 0.3 is 0 Å². The van der Waals surface area contributed by atoms with Crippen LogP contribution < -0.4 is 10.2 Å². The van der Waals surface area contributed by atoms with Gasteiger partial charge in [-0.05, 0) is 44.2 Å². The molecule has 3 heteroatoms. The zero-order valence-corrected chi connectivity index (χ0v) is 14.9. The number of rotatable bonds is 7. The highest BCUT2D eigenvalue weighted by atomic mass is 15.1. The lowest BCUT2D eigenvalue weighted by molar-refractivity contribution is 0.423. The lowest BCUT2D eigenvalue weighted by Gasteiger charge is -2.31. The molecule has 120 valence electrons. The van der Waals surface area contributed by atoms with Gasteiger partial charge in [0.05, 0.1) is 11.9 Å². The molecule has 1 aromatic heterocycles. The van der Waals surface area contributed by atoms with Crippen molar-refractivity contribution in [2.75, 3.05) is 18.0 Å². The predicted octanol–water partition coefficient (Wildman–Crippen LogP) is 4.09. The average molecular weight is 291 g/mol. The van der Waals surface area contributed by atoms with E-state index in [1.807, 2.05) is 12.4 Å².